The highest BCUT2D eigenvalue weighted by Crippen LogP contribution is 2.11. The van der Waals surface area contributed by atoms with Gasteiger partial charge in [0.25, 0.3) is 0 Å². The summed E-state index contributed by atoms with van der Waals surface area (Å²) in [6.45, 7) is 0. The van der Waals surface area contributed by atoms with Crippen molar-refractivity contribution in [2.75, 3.05) is 7.11 Å². The quantitative estimate of drug-likeness (QED) is 0.602. The molecule has 0 saturated heterocycles. The zero-order valence-corrected chi connectivity index (χ0v) is 11.7. The maximum absolute atomic E-state index is 5.10. The predicted octanol–water partition coefficient (Wildman–Crippen LogP) is 3.99. The van der Waals surface area contributed by atoms with Crippen LogP contribution in [0.1, 0.15) is 16.7 Å². The van der Waals surface area contributed by atoms with E-state index in [2.05, 4.69) is 39.9 Å². The molecule has 2 aromatic carbocycles. The molecule has 0 spiro atoms. The van der Waals surface area contributed by atoms with Crippen molar-refractivity contribution >= 4 is 15.9 Å². The summed E-state index contributed by atoms with van der Waals surface area (Å²) in [7, 11) is 1.66. The molecule has 0 aliphatic carbocycles. The number of alkyl halides is 1. The smallest absolute Gasteiger partial charge is 0.118 e. The van der Waals surface area contributed by atoms with E-state index in [1.165, 1.54) is 5.56 Å². The van der Waals surface area contributed by atoms with Crippen molar-refractivity contribution in [2.45, 2.75) is 5.33 Å². The molecule has 2 heteroatoms. The molecule has 1 nitrogen and oxygen atoms in total. The first-order chi connectivity index (χ1) is 8.81. The highest BCUT2D eigenvalue weighted by Gasteiger charge is 1.91. The van der Waals surface area contributed by atoms with Crippen molar-refractivity contribution in [3.63, 3.8) is 0 Å². The van der Waals surface area contributed by atoms with Crippen LogP contribution in [0.3, 0.4) is 0 Å². The topological polar surface area (TPSA) is 9.23 Å². The minimum atomic E-state index is 0.849. The minimum Gasteiger partial charge on any atom is -0.497 e. The second-order valence-electron chi connectivity index (χ2n) is 3.81. The molecule has 0 N–H and O–H groups in total. The van der Waals surface area contributed by atoms with Gasteiger partial charge in [-0.2, -0.15) is 0 Å². The van der Waals surface area contributed by atoms with Crippen molar-refractivity contribution in [2.24, 2.45) is 0 Å². The van der Waals surface area contributed by atoms with Gasteiger partial charge in [-0.1, -0.05) is 39.9 Å². The van der Waals surface area contributed by atoms with Crippen molar-refractivity contribution < 1.29 is 4.74 Å². The molecule has 0 amide bonds. The van der Waals surface area contributed by atoms with Gasteiger partial charge in [0, 0.05) is 16.5 Å². The van der Waals surface area contributed by atoms with Gasteiger partial charge in [-0.3, -0.25) is 0 Å². The van der Waals surface area contributed by atoms with E-state index < -0.39 is 0 Å². The van der Waals surface area contributed by atoms with Gasteiger partial charge in [0.2, 0.25) is 0 Å². The van der Waals surface area contributed by atoms with Crippen molar-refractivity contribution in [1.29, 1.82) is 0 Å². The van der Waals surface area contributed by atoms with Gasteiger partial charge in [0.1, 0.15) is 5.75 Å². The van der Waals surface area contributed by atoms with Crippen LogP contribution in [0.25, 0.3) is 0 Å². The SMILES string of the molecule is COc1ccc(C#Cc2ccc(CBr)cc2)cc1. The molecule has 0 fully saturated rings. The Kier molecular flexibility index (Phi) is 4.44. The molecule has 2 rings (SSSR count). The molecular weight excluding hydrogens is 288 g/mol. The molecule has 0 atom stereocenters. The molecule has 18 heavy (non-hydrogen) atoms. The number of benzene rings is 2. The number of rotatable bonds is 2. The highest BCUT2D eigenvalue weighted by atomic mass is 79.9. The van der Waals surface area contributed by atoms with E-state index >= 15 is 0 Å². The second kappa shape index (κ2) is 6.28. The third kappa shape index (κ3) is 3.38. The first-order valence-electron chi connectivity index (χ1n) is 5.63. The molecule has 2 aromatic rings. The van der Waals surface area contributed by atoms with Crippen LogP contribution in [0.4, 0.5) is 0 Å². The average molecular weight is 301 g/mol. The molecule has 0 heterocycles. The number of ether oxygens (including phenoxy) is 1. The summed E-state index contributed by atoms with van der Waals surface area (Å²) in [4.78, 5) is 0. The summed E-state index contributed by atoms with van der Waals surface area (Å²) in [6, 6.07) is 16.0. The Labute approximate surface area is 116 Å². The Morgan fingerprint density at radius 2 is 1.39 bits per heavy atom. The molecule has 0 bridgehead atoms. The van der Waals surface area contributed by atoms with Crippen molar-refractivity contribution in [3.05, 3.63) is 65.2 Å². The van der Waals surface area contributed by atoms with E-state index in [4.69, 9.17) is 4.74 Å². The van der Waals surface area contributed by atoms with E-state index in [0.717, 1.165) is 22.2 Å². The lowest BCUT2D eigenvalue weighted by molar-refractivity contribution is 0.415. The van der Waals surface area contributed by atoms with E-state index in [-0.39, 0.29) is 0 Å². The second-order valence-corrected chi connectivity index (χ2v) is 4.37. The molecule has 0 saturated carbocycles. The molecule has 0 aliphatic heterocycles. The summed E-state index contributed by atoms with van der Waals surface area (Å²) in [5, 5.41) is 0.874. The summed E-state index contributed by atoms with van der Waals surface area (Å²) >= 11 is 3.42. The molecule has 0 unspecified atom stereocenters. The van der Waals surface area contributed by atoms with Crippen LogP contribution in [0, 0.1) is 11.8 Å². The molecule has 0 radical (unpaired) electrons. The highest BCUT2D eigenvalue weighted by molar-refractivity contribution is 9.08. The van der Waals surface area contributed by atoms with Gasteiger partial charge in [-0.05, 0) is 42.0 Å². The Morgan fingerprint density at radius 1 is 0.889 bits per heavy atom. The summed E-state index contributed by atoms with van der Waals surface area (Å²) in [6.07, 6.45) is 0. The standard InChI is InChI=1S/C16H13BrO/c1-18-16-10-8-14(9-11-16)3-2-13-4-6-15(12-17)7-5-13/h4-11H,12H2,1H3. The van der Waals surface area contributed by atoms with Gasteiger partial charge < -0.3 is 4.74 Å². The monoisotopic (exact) mass is 300 g/mol. The van der Waals surface area contributed by atoms with Gasteiger partial charge in [0.05, 0.1) is 7.11 Å². The molecule has 0 aliphatic rings. The van der Waals surface area contributed by atoms with Gasteiger partial charge in [-0.15, -0.1) is 0 Å². The lowest BCUT2D eigenvalue weighted by Gasteiger charge is -1.97. The zero-order chi connectivity index (χ0) is 12.8. The first-order valence-corrected chi connectivity index (χ1v) is 6.75. The number of methoxy groups -OCH3 is 1. The first kappa shape index (κ1) is 12.7. The fourth-order valence-electron chi connectivity index (χ4n) is 1.50. The Hall–Kier alpha value is -1.72. The van der Waals surface area contributed by atoms with Crippen LogP contribution in [-0.2, 0) is 5.33 Å². The van der Waals surface area contributed by atoms with E-state index in [1.54, 1.807) is 7.11 Å². The maximum atomic E-state index is 5.10. The number of hydrogen-bond donors (Lipinski definition) is 0. The third-order valence-corrected chi connectivity index (χ3v) is 3.20. The lowest BCUT2D eigenvalue weighted by Crippen LogP contribution is -1.82. The van der Waals surface area contributed by atoms with Gasteiger partial charge in [0.15, 0.2) is 0 Å². The fraction of sp³-hybridized carbons (Fsp3) is 0.125. The van der Waals surface area contributed by atoms with Crippen LogP contribution < -0.4 is 4.74 Å². The van der Waals surface area contributed by atoms with E-state index in [1.807, 2.05) is 36.4 Å². The predicted molar refractivity (Wildman–Crippen MR) is 78.0 cm³/mol. The van der Waals surface area contributed by atoms with Crippen molar-refractivity contribution in [3.8, 4) is 17.6 Å². The number of halogens is 1. The average Bonchev–Trinajstić information content (AvgIpc) is 2.46. The minimum absolute atomic E-state index is 0.849. The molecular formula is C16H13BrO. The maximum Gasteiger partial charge on any atom is 0.118 e. The summed E-state index contributed by atoms with van der Waals surface area (Å²) in [5.41, 5.74) is 3.26. The third-order valence-electron chi connectivity index (χ3n) is 2.55. The van der Waals surface area contributed by atoms with E-state index in [9.17, 15) is 0 Å². The van der Waals surface area contributed by atoms with Gasteiger partial charge in [-0.25, -0.2) is 0 Å². The van der Waals surface area contributed by atoms with Crippen LogP contribution >= 0.6 is 15.9 Å². The fourth-order valence-corrected chi connectivity index (χ4v) is 1.87. The summed E-state index contributed by atoms with van der Waals surface area (Å²) in [5.74, 6) is 7.13. The number of hydrogen-bond acceptors (Lipinski definition) is 1. The van der Waals surface area contributed by atoms with Crippen molar-refractivity contribution in [1.82, 2.24) is 0 Å². The van der Waals surface area contributed by atoms with Crippen LogP contribution in [0.5, 0.6) is 5.75 Å². The van der Waals surface area contributed by atoms with Crippen LogP contribution in [0.15, 0.2) is 48.5 Å². The van der Waals surface area contributed by atoms with Gasteiger partial charge >= 0.3 is 0 Å². The van der Waals surface area contributed by atoms with Crippen LogP contribution in [-0.4, -0.2) is 7.11 Å². The zero-order valence-electron chi connectivity index (χ0n) is 10.1. The largest absolute Gasteiger partial charge is 0.497 e. The Bertz CT molecular complexity index is 507. The normalized spacial score (nSPS) is 9.44. The summed E-state index contributed by atoms with van der Waals surface area (Å²) < 4.78 is 5.10. The molecule has 0 aromatic heterocycles. The van der Waals surface area contributed by atoms with Crippen LogP contribution in [0.2, 0.25) is 0 Å². The molecule has 90 valence electrons. The lowest BCUT2D eigenvalue weighted by atomic mass is 10.1. The Morgan fingerprint density at radius 3 is 1.83 bits per heavy atom. The van der Waals surface area contributed by atoms with E-state index in [0.29, 0.717) is 0 Å². The Balaban J connectivity index is 2.14.